The summed E-state index contributed by atoms with van der Waals surface area (Å²) in [4.78, 5) is 18.2. The fourth-order valence-electron chi connectivity index (χ4n) is 1.49. The third kappa shape index (κ3) is 2.91. The highest BCUT2D eigenvalue weighted by Crippen LogP contribution is 2.33. The fourth-order valence-corrected chi connectivity index (χ4v) is 1.49. The van der Waals surface area contributed by atoms with Crippen LogP contribution in [0.5, 0.6) is 17.4 Å². The first kappa shape index (κ1) is 13.5. The van der Waals surface area contributed by atoms with Crippen molar-refractivity contribution in [3.05, 3.63) is 40.6 Å². The molecule has 2 aromatic rings. The molecule has 0 aliphatic rings. The number of rotatable bonds is 5. The highest BCUT2D eigenvalue weighted by molar-refractivity contribution is 5.49. The van der Waals surface area contributed by atoms with Crippen LogP contribution in [-0.4, -0.2) is 29.0 Å². The zero-order chi connectivity index (χ0) is 14.5. The molecule has 8 nitrogen and oxygen atoms in total. The highest BCUT2D eigenvalue weighted by atomic mass is 16.6. The lowest BCUT2D eigenvalue weighted by molar-refractivity contribution is -0.384. The van der Waals surface area contributed by atoms with Crippen LogP contribution in [0.3, 0.4) is 0 Å². The second-order valence-corrected chi connectivity index (χ2v) is 3.66. The van der Waals surface area contributed by atoms with Gasteiger partial charge in [-0.2, -0.15) is 4.98 Å². The van der Waals surface area contributed by atoms with Crippen molar-refractivity contribution in [3.8, 4) is 17.4 Å². The maximum absolute atomic E-state index is 10.7. The number of anilines is 1. The molecular formula is C12H12N4O4. The molecule has 1 aromatic heterocycles. The molecule has 0 spiro atoms. The number of non-ortho nitro benzene ring substituents is 1. The third-order valence-electron chi connectivity index (χ3n) is 2.43. The summed E-state index contributed by atoms with van der Waals surface area (Å²) >= 11 is 0. The van der Waals surface area contributed by atoms with E-state index >= 15 is 0 Å². The molecule has 0 bridgehead atoms. The largest absolute Gasteiger partial charge is 0.493 e. The molecule has 8 heteroatoms. The Morgan fingerprint density at radius 2 is 2.10 bits per heavy atom. The Kier molecular flexibility index (Phi) is 3.94. The van der Waals surface area contributed by atoms with Gasteiger partial charge in [-0.05, 0) is 6.07 Å². The van der Waals surface area contributed by atoms with Crippen LogP contribution in [0.4, 0.5) is 11.6 Å². The van der Waals surface area contributed by atoms with Crippen LogP contribution in [-0.2, 0) is 0 Å². The number of nitrogens with one attached hydrogen (secondary N) is 1. The monoisotopic (exact) mass is 276 g/mol. The maximum atomic E-state index is 10.7. The first-order valence-corrected chi connectivity index (χ1v) is 5.65. The van der Waals surface area contributed by atoms with Gasteiger partial charge in [-0.1, -0.05) is 0 Å². The topological polar surface area (TPSA) is 99.4 Å². The van der Waals surface area contributed by atoms with Gasteiger partial charge in [0.25, 0.3) is 5.69 Å². The molecule has 0 atom stereocenters. The lowest BCUT2D eigenvalue weighted by atomic mass is 10.3. The second-order valence-electron chi connectivity index (χ2n) is 3.66. The van der Waals surface area contributed by atoms with Gasteiger partial charge in [0.2, 0.25) is 11.8 Å². The summed E-state index contributed by atoms with van der Waals surface area (Å²) in [6.45, 7) is 0. The van der Waals surface area contributed by atoms with Crippen molar-refractivity contribution < 1.29 is 14.4 Å². The molecule has 104 valence electrons. The first-order chi connectivity index (χ1) is 9.63. The fraction of sp³-hybridized carbons (Fsp3) is 0.167. The van der Waals surface area contributed by atoms with E-state index in [0.717, 1.165) is 0 Å². The minimum Gasteiger partial charge on any atom is -0.493 e. The second kappa shape index (κ2) is 5.83. The molecule has 1 heterocycles. The third-order valence-corrected chi connectivity index (χ3v) is 2.43. The van der Waals surface area contributed by atoms with Gasteiger partial charge >= 0.3 is 0 Å². The standard InChI is InChI=1S/C12H12N4O4/c1-13-12-14-6-5-11(15-12)20-9-4-3-8(16(17)18)7-10(9)19-2/h3-7H,1-2H3,(H,13,14,15). The number of nitrogens with zero attached hydrogens (tertiary/aromatic N) is 3. The van der Waals surface area contributed by atoms with Gasteiger partial charge in [0.1, 0.15) is 0 Å². The van der Waals surface area contributed by atoms with Gasteiger partial charge in [-0.15, -0.1) is 0 Å². The Hall–Kier alpha value is -2.90. The number of hydrogen-bond donors (Lipinski definition) is 1. The van der Waals surface area contributed by atoms with Gasteiger partial charge in [0.05, 0.1) is 18.1 Å². The van der Waals surface area contributed by atoms with Crippen LogP contribution in [0.1, 0.15) is 0 Å². The van der Waals surface area contributed by atoms with E-state index in [4.69, 9.17) is 9.47 Å². The average Bonchev–Trinajstić information content (AvgIpc) is 2.47. The summed E-state index contributed by atoms with van der Waals surface area (Å²) in [6, 6.07) is 5.65. The molecule has 0 radical (unpaired) electrons. The minimum absolute atomic E-state index is 0.0761. The van der Waals surface area contributed by atoms with E-state index in [0.29, 0.717) is 17.6 Å². The average molecular weight is 276 g/mol. The van der Waals surface area contributed by atoms with E-state index in [2.05, 4.69) is 15.3 Å². The number of ether oxygens (including phenoxy) is 2. The summed E-state index contributed by atoms with van der Waals surface area (Å²) in [5.74, 6) is 1.29. The summed E-state index contributed by atoms with van der Waals surface area (Å²) in [7, 11) is 3.09. The molecule has 1 N–H and O–H groups in total. The van der Waals surface area contributed by atoms with Crippen LogP contribution >= 0.6 is 0 Å². The Bertz CT molecular complexity index is 633. The lowest BCUT2D eigenvalue weighted by Gasteiger charge is -2.09. The van der Waals surface area contributed by atoms with Crippen molar-refractivity contribution in [3.63, 3.8) is 0 Å². The minimum atomic E-state index is -0.504. The molecule has 2 rings (SSSR count). The predicted octanol–water partition coefficient (Wildman–Crippen LogP) is 2.23. The van der Waals surface area contributed by atoms with E-state index in [1.54, 1.807) is 13.1 Å². The van der Waals surface area contributed by atoms with Gasteiger partial charge < -0.3 is 14.8 Å². The SMILES string of the molecule is CNc1nccc(Oc2ccc([N+](=O)[O-])cc2OC)n1. The quantitative estimate of drug-likeness (QED) is 0.660. The molecule has 20 heavy (non-hydrogen) atoms. The molecule has 0 fully saturated rings. The Morgan fingerprint density at radius 1 is 1.30 bits per heavy atom. The first-order valence-electron chi connectivity index (χ1n) is 5.65. The lowest BCUT2D eigenvalue weighted by Crippen LogP contribution is -1.98. The predicted molar refractivity (Wildman–Crippen MR) is 71.3 cm³/mol. The van der Waals surface area contributed by atoms with Crippen molar-refractivity contribution in [1.29, 1.82) is 0 Å². The summed E-state index contributed by atoms with van der Waals surface area (Å²) in [5.41, 5.74) is -0.0761. The molecule has 1 aromatic carbocycles. The van der Waals surface area contributed by atoms with Crippen LogP contribution in [0.2, 0.25) is 0 Å². The molecular weight excluding hydrogens is 264 g/mol. The van der Waals surface area contributed by atoms with Crippen LogP contribution in [0.15, 0.2) is 30.5 Å². The van der Waals surface area contributed by atoms with Crippen LogP contribution < -0.4 is 14.8 Å². The van der Waals surface area contributed by atoms with E-state index in [1.165, 1.54) is 31.5 Å². The highest BCUT2D eigenvalue weighted by Gasteiger charge is 2.13. The van der Waals surface area contributed by atoms with Crippen LogP contribution in [0, 0.1) is 10.1 Å². The summed E-state index contributed by atoms with van der Waals surface area (Å²) < 4.78 is 10.6. The van der Waals surface area contributed by atoms with Crippen molar-refractivity contribution in [1.82, 2.24) is 9.97 Å². The number of nitro groups is 1. The van der Waals surface area contributed by atoms with Crippen molar-refractivity contribution in [2.45, 2.75) is 0 Å². The van der Waals surface area contributed by atoms with Gasteiger partial charge in [0.15, 0.2) is 11.5 Å². The van der Waals surface area contributed by atoms with Crippen molar-refractivity contribution in [2.24, 2.45) is 0 Å². The Labute approximate surface area is 114 Å². The smallest absolute Gasteiger partial charge is 0.273 e. The Morgan fingerprint density at radius 3 is 2.75 bits per heavy atom. The van der Waals surface area contributed by atoms with E-state index in [9.17, 15) is 10.1 Å². The molecule has 0 saturated carbocycles. The number of benzene rings is 1. The van der Waals surface area contributed by atoms with Crippen molar-refractivity contribution in [2.75, 3.05) is 19.5 Å². The normalized spacial score (nSPS) is 9.90. The number of nitro benzene ring substituents is 1. The van der Waals surface area contributed by atoms with E-state index in [1.807, 2.05) is 0 Å². The molecule has 0 aliphatic heterocycles. The number of methoxy groups -OCH3 is 1. The molecule has 0 unspecified atom stereocenters. The van der Waals surface area contributed by atoms with Gasteiger partial charge in [-0.25, -0.2) is 4.98 Å². The Balaban J connectivity index is 2.30. The van der Waals surface area contributed by atoms with E-state index in [-0.39, 0.29) is 11.4 Å². The maximum Gasteiger partial charge on any atom is 0.273 e. The summed E-state index contributed by atoms with van der Waals surface area (Å²) in [6.07, 6.45) is 1.53. The molecule has 0 aliphatic carbocycles. The van der Waals surface area contributed by atoms with Crippen LogP contribution in [0.25, 0.3) is 0 Å². The van der Waals surface area contributed by atoms with Crippen molar-refractivity contribution >= 4 is 11.6 Å². The van der Waals surface area contributed by atoms with Gasteiger partial charge in [0, 0.05) is 25.4 Å². The van der Waals surface area contributed by atoms with E-state index < -0.39 is 4.92 Å². The molecule has 0 amide bonds. The summed E-state index contributed by atoms with van der Waals surface area (Å²) in [5, 5.41) is 13.5. The zero-order valence-corrected chi connectivity index (χ0v) is 10.9. The molecule has 0 saturated heterocycles. The number of aromatic nitrogens is 2. The van der Waals surface area contributed by atoms with Gasteiger partial charge in [-0.3, -0.25) is 10.1 Å². The zero-order valence-electron chi connectivity index (χ0n) is 10.9. The number of hydrogen-bond acceptors (Lipinski definition) is 7.